The summed E-state index contributed by atoms with van der Waals surface area (Å²) in [5, 5.41) is 0.825. The minimum atomic E-state index is -0.522. The Bertz CT molecular complexity index is 1410. The van der Waals surface area contributed by atoms with E-state index in [1.807, 2.05) is 55.5 Å². The van der Waals surface area contributed by atoms with Crippen LogP contribution in [0, 0.1) is 6.92 Å². The van der Waals surface area contributed by atoms with Crippen LogP contribution in [0.1, 0.15) is 38.9 Å². The van der Waals surface area contributed by atoms with Crippen molar-refractivity contribution in [2.45, 2.75) is 19.4 Å². The van der Waals surface area contributed by atoms with Crippen LogP contribution in [0.15, 0.2) is 75.9 Å². The highest BCUT2D eigenvalue weighted by molar-refractivity contribution is 6.31. The van der Waals surface area contributed by atoms with Crippen LogP contribution in [-0.2, 0) is 6.42 Å². The Labute approximate surface area is 196 Å². The second-order valence-electron chi connectivity index (χ2n) is 8.22. The van der Waals surface area contributed by atoms with Crippen molar-refractivity contribution in [3.63, 3.8) is 0 Å². The number of nitrogens with zero attached hydrogens (tertiary/aromatic N) is 1. The topological polar surface area (TPSA) is 59.8 Å². The van der Waals surface area contributed by atoms with Crippen LogP contribution in [0.5, 0.6) is 5.75 Å². The van der Waals surface area contributed by atoms with Gasteiger partial charge in [0.05, 0.1) is 24.1 Å². The Morgan fingerprint density at radius 2 is 1.73 bits per heavy atom. The standard InChI is InChI=1S/C27H22ClNO4/c1-16-3-7-18(8-4-16)24-23-25(30)21-15-19(28)9-12-22(21)33-26(23)27(31)29(24)14-13-17-5-10-20(32-2)11-6-17/h3-12,15,24H,13-14H2,1-2H3. The van der Waals surface area contributed by atoms with E-state index >= 15 is 0 Å². The number of aryl methyl sites for hydroxylation is 1. The van der Waals surface area contributed by atoms with E-state index in [0.29, 0.717) is 34.5 Å². The zero-order chi connectivity index (χ0) is 23.1. The first kappa shape index (κ1) is 21.3. The van der Waals surface area contributed by atoms with Crippen LogP contribution < -0.4 is 10.2 Å². The maximum absolute atomic E-state index is 13.5. The Balaban J connectivity index is 1.60. The van der Waals surface area contributed by atoms with Gasteiger partial charge in [0.1, 0.15) is 11.3 Å². The number of benzene rings is 3. The lowest BCUT2D eigenvalue weighted by molar-refractivity contribution is 0.0730. The lowest BCUT2D eigenvalue weighted by Gasteiger charge is -2.25. The van der Waals surface area contributed by atoms with E-state index in [-0.39, 0.29) is 17.1 Å². The molecule has 0 radical (unpaired) electrons. The molecule has 5 nitrogen and oxygen atoms in total. The third-order valence-corrected chi connectivity index (χ3v) is 6.36. The number of methoxy groups -OCH3 is 1. The van der Waals surface area contributed by atoms with E-state index in [1.54, 1.807) is 30.2 Å². The Morgan fingerprint density at radius 3 is 2.42 bits per heavy atom. The summed E-state index contributed by atoms with van der Waals surface area (Å²) in [6.07, 6.45) is 0.631. The van der Waals surface area contributed by atoms with Crippen molar-refractivity contribution in [3.8, 4) is 5.75 Å². The highest BCUT2D eigenvalue weighted by Gasteiger charge is 2.42. The number of carbonyl (C=O) groups is 1. The molecule has 0 fully saturated rings. The van der Waals surface area contributed by atoms with Gasteiger partial charge in [-0.05, 0) is 54.8 Å². The van der Waals surface area contributed by atoms with Crippen LogP contribution in [0.2, 0.25) is 5.02 Å². The Morgan fingerprint density at radius 1 is 1.00 bits per heavy atom. The Kier molecular flexibility index (Phi) is 5.43. The molecule has 2 heterocycles. The van der Waals surface area contributed by atoms with Gasteiger partial charge in [-0.1, -0.05) is 53.6 Å². The molecule has 1 amide bonds. The van der Waals surface area contributed by atoms with E-state index < -0.39 is 6.04 Å². The van der Waals surface area contributed by atoms with Gasteiger partial charge >= 0.3 is 0 Å². The molecule has 6 heteroatoms. The van der Waals surface area contributed by atoms with Crippen LogP contribution in [-0.4, -0.2) is 24.5 Å². The first-order valence-corrected chi connectivity index (χ1v) is 11.1. The van der Waals surface area contributed by atoms with Crippen LogP contribution >= 0.6 is 11.6 Å². The van der Waals surface area contributed by atoms with Gasteiger partial charge in [-0.25, -0.2) is 0 Å². The van der Waals surface area contributed by atoms with Gasteiger partial charge in [-0.3, -0.25) is 9.59 Å². The molecule has 1 aromatic heterocycles. The monoisotopic (exact) mass is 459 g/mol. The number of hydrogen-bond acceptors (Lipinski definition) is 4. The third kappa shape index (κ3) is 3.79. The van der Waals surface area contributed by atoms with Crippen LogP contribution in [0.3, 0.4) is 0 Å². The SMILES string of the molecule is COc1ccc(CCN2C(=O)c3oc4ccc(Cl)cc4c(=O)c3C2c2ccc(C)cc2)cc1. The summed E-state index contributed by atoms with van der Waals surface area (Å²) in [7, 11) is 1.63. The maximum atomic E-state index is 13.5. The third-order valence-electron chi connectivity index (χ3n) is 6.12. The van der Waals surface area contributed by atoms with Crippen molar-refractivity contribution in [2.75, 3.05) is 13.7 Å². The number of rotatable bonds is 5. The van der Waals surface area contributed by atoms with Gasteiger partial charge in [-0.2, -0.15) is 0 Å². The van der Waals surface area contributed by atoms with Crippen molar-refractivity contribution < 1.29 is 13.9 Å². The van der Waals surface area contributed by atoms with Crippen LogP contribution in [0.25, 0.3) is 11.0 Å². The summed E-state index contributed by atoms with van der Waals surface area (Å²) in [5.41, 5.74) is 3.55. The Hall–Kier alpha value is -3.57. The molecule has 4 aromatic rings. The second kappa shape index (κ2) is 8.41. The highest BCUT2D eigenvalue weighted by atomic mass is 35.5. The van der Waals surface area contributed by atoms with E-state index in [0.717, 1.165) is 22.4 Å². The van der Waals surface area contributed by atoms with E-state index in [2.05, 4.69) is 0 Å². The molecule has 3 aromatic carbocycles. The molecule has 33 heavy (non-hydrogen) atoms. The molecule has 166 valence electrons. The van der Waals surface area contributed by atoms with E-state index in [1.165, 1.54) is 0 Å². The number of hydrogen-bond donors (Lipinski definition) is 0. The number of carbonyl (C=O) groups excluding carboxylic acids is 1. The smallest absolute Gasteiger partial charge is 0.290 e. The van der Waals surface area contributed by atoms with E-state index in [4.69, 9.17) is 20.8 Å². The maximum Gasteiger partial charge on any atom is 0.290 e. The van der Waals surface area contributed by atoms with Gasteiger partial charge in [0.25, 0.3) is 5.91 Å². The fourth-order valence-corrected chi connectivity index (χ4v) is 4.53. The predicted molar refractivity (Wildman–Crippen MR) is 128 cm³/mol. The normalized spacial score (nSPS) is 15.2. The largest absolute Gasteiger partial charge is 0.497 e. The summed E-state index contributed by atoms with van der Waals surface area (Å²) in [6, 6.07) is 20.0. The first-order chi connectivity index (χ1) is 16.0. The lowest BCUT2D eigenvalue weighted by Crippen LogP contribution is -2.31. The van der Waals surface area contributed by atoms with Crippen molar-refractivity contribution >= 4 is 28.5 Å². The summed E-state index contributed by atoms with van der Waals surface area (Å²) in [6.45, 7) is 2.44. The number of ether oxygens (including phenoxy) is 1. The molecule has 0 bridgehead atoms. The van der Waals surface area contributed by atoms with Gasteiger partial charge in [0.15, 0.2) is 5.43 Å². The molecule has 1 unspecified atom stereocenters. The molecule has 1 aliphatic heterocycles. The summed E-state index contributed by atoms with van der Waals surface area (Å²) < 4.78 is 11.2. The second-order valence-corrected chi connectivity index (χ2v) is 8.66. The average Bonchev–Trinajstić information content (AvgIpc) is 3.11. The number of fused-ring (bicyclic) bond motifs is 2. The number of halogens is 1. The molecule has 1 atom stereocenters. The van der Waals surface area contributed by atoms with Crippen molar-refractivity contribution in [3.05, 3.63) is 110 Å². The van der Waals surface area contributed by atoms with Gasteiger partial charge in [0.2, 0.25) is 5.76 Å². The lowest BCUT2D eigenvalue weighted by atomic mass is 9.97. The minimum Gasteiger partial charge on any atom is -0.497 e. The molecule has 0 saturated carbocycles. The zero-order valence-electron chi connectivity index (χ0n) is 18.3. The quantitative estimate of drug-likeness (QED) is 0.392. The minimum absolute atomic E-state index is 0.107. The molecule has 0 N–H and O–H groups in total. The fraction of sp³-hybridized carbons (Fsp3) is 0.185. The molecular weight excluding hydrogens is 438 g/mol. The average molecular weight is 460 g/mol. The summed E-state index contributed by atoms with van der Waals surface area (Å²) in [5.74, 6) is 0.606. The predicted octanol–water partition coefficient (Wildman–Crippen LogP) is 5.55. The highest BCUT2D eigenvalue weighted by Crippen LogP contribution is 2.38. The fourth-order valence-electron chi connectivity index (χ4n) is 4.36. The van der Waals surface area contributed by atoms with E-state index in [9.17, 15) is 9.59 Å². The molecular formula is C27H22ClNO4. The first-order valence-electron chi connectivity index (χ1n) is 10.7. The van der Waals surface area contributed by atoms with Crippen LogP contribution in [0.4, 0.5) is 0 Å². The van der Waals surface area contributed by atoms with Crippen molar-refractivity contribution in [1.29, 1.82) is 0 Å². The number of amides is 1. The van der Waals surface area contributed by atoms with Crippen molar-refractivity contribution in [2.24, 2.45) is 0 Å². The van der Waals surface area contributed by atoms with Gasteiger partial charge < -0.3 is 14.1 Å². The molecule has 0 spiro atoms. The van der Waals surface area contributed by atoms with Gasteiger partial charge in [0, 0.05) is 11.6 Å². The molecule has 1 aliphatic rings. The molecule has 0 saturated heterocycles. The molecule has 0 aliphatic carbocycles. The summed E-state index contributed by atoms with van der Waals surface area (Å²) >= 11 is 6.14. The summed E-state index contributed by atoms with van der Waals surface area (Å²) in [4.78, 5) is 28.8. The zero-order valence-corrected chi connectivity index (χ0v) is 19.1. The van der Waals surface area contributed by atoms with Crippen molar-refractivity contribution in [1.82, 2.24) is 4.90 Å². The molecule has 5 rings (SSSR count). The van der Waals surface area contributed by atoms with Gasteiger partial charge in [-0.15, -0.1) is 0 Å².